The number of carbonyl (C=O) groups is 1. The van der Waals surface area contributed by atoms with Crippen LogP contribution in [0.1, 0.15) is 11.5 Å². The molecule has 0 radical (unpaired) electrons. The summed E-state index contributed by atoms with van der Waals surface area (Å²) in [5.74, 6) is -1.53. The Morgan fingerprint density at radius 1 is 1.47 bits per heavy atom. The molecule has 0 aromatic heterocycles. The van der Waals surface area contributed by atoms with Gasteiger partial charge in [-0.05, 0) is 17.8 Å². The topological polar surface area (TPSA) is 75.3 Å². The zero-order valence-electron chi connectivity index (χ0n) is 8.01. The maximum Gasteiger partial charge on any atom is 0.312 e. The predicted molar refractivity (Wildman–Crippen MR) is 61.6 cm³/mol. The third-order valence-corrected chi connectivity index (χ3v) is 2.12. The van der Waals surface area contributed by atoms with Crippen molar-refractivity contribution in [2.45, 2.75) is 5.92 Å². The minimum Gasteiger partial charge on any atom is -0.481 e. The molecule has 5 heteroatoms. The maximum absolute atomic E-state index is 11.0. The minimum atomic E-state index is -0.898. The summed E-state index contributed by atoms with van der Waals surface area (Å²) < 4.78 is 0. The van der Waals surface area contributed by atoms with Crippen molar-refractivity contribution in [2.75, 3.05) is 6.54 Å². The molecule has 4 nitrogen and oxygen atoms in total. The van der Waals surface area contributed by atoms with Crippen LogP contribution in [0.2, 0.25) is 0 Å². The summed E-state index contributed by atoms with van der Waals surface area (Å²) in [6, 6.07) is 8.96. The molecule has 1 aromatic carbocycles. The van der Waals surface area contributed by atoms with Crippen LogP contribution in [-0.2, 0) is 4.79 Å². The van der Waals surface area contributed by atoms with Crippen molar-refractivity contribution in [2.24, 2.45) is 5.73 Å². The lowest BCUT2D eigenvalue weighted by Gasteiger charge is -2.13. The van der Waals surface area contributed by atoms with E-state index >= 15 is 0 Å². The molecule has 0 amide bonds. The number of hydrogen-bond donors (Lipinski definition) is 3. The first-order chi connectivity index (χ1) is 7.11. The molecule has 0 fully saturated rings. The lowest BCUT2D eigenvalue weighted by molar-refractivity contribution is -0.138. The molecule has 0 saturated carbocycles. The molecule has 0 bridgehead atoms. The highest BCUT2D eigenvalue weighted by atomic mass is 32.1. The standard InChI is InChI=1S/C10H12N2O2S/c11-10(15)12-6-8(9(13)14)7-4-2-1-3-5-7/h1-5,8H,6H2,(H,13,14)(H3,11,12,15). The van der Waals surface area contributed by atoms with Gasteiger partial charge in [-0.3, -0.25) is 4.79 Å². The van der Waals surface area contributed by atoms with Crippen molar-refractivity contribution >= 4 is 23.3 Å². The van der Waals surface area contributed by atoms with Crippen LogP contribution >= 0.6 is 12.2 Å². The van der Waals surface area contributed by atoms with Crippen LogP contribution in [-0.4, -0.2) is 22.7 Å². The van der Waals surface area contributed by atoms with Crippen LogP contribution in [0.15, 0.2) is 30.3 Å². The van der Waals surface area contributed by atoms with Crippen molar-refractivity contribution in [3.63, 3.8) is 0 Å². The molecule has 80 valence electrons. The summed E-state index contributed by atoms with van der Waals surface area (Å²) in [4.78, 5) is 11.0. The van der Waals surface area contributed by atoms with Crippen LogP contribution in [0.3, 0.4) is 0 Å². The molecule has 1 aromatic rings. The number of carboxylic acid groups (broad SMARTS) is 1. The number of thiocarbonyl (C=S) groups is 1. The summed E-state index contributed by atoms with van der Waals surface area (Å²) in [5.41, 5.74) is 5.98. The van der Waals surface area contributed by atoms with Crippen LogP contribution in [0.4, 0.5) is 0 Å². The number of benzene rings is 1. The van der Waals surface area contributed by atoms with Crippen molar-refractivity contribution in [3.05, 3.63) is 35.9 Å². The number of carboxylic acids is 1. The first-order valence-electron chi connectivity index (χ1n) is 4.42. The fraction of sp³-hybridized carbons (Fsp3) is 0.200. The Labute approximate surface area is 93.1 Å². The molecule has 0 aliphatic carbocycles. The smallest absolute Gasteiger partial charge is 0.312 e. The van der Waals surface area contributed by atoms with Crippen molar-refractivity contribution < 1.29 is 9.90 Å². The monoisotopic (exact) mass is 224 g/mol. The highest BCUT2D eigenvalue weighted by Gasteiger charge is 2.18. The summed E-state index contributed by atoms with van der Waals surface area (Å²) in [6.07, 6.45) is 0. The SMILES string of the molecule is NC(=S)NCC(C(=O)O)c1ccccc1. The van der Waals surface area contributed by atoms with Gasteiger partial charge < -0.3 is 16.2 Å². The molecule has 0 spiro atoms. The molecule has 0 aliphatic rings. The van der Waals surface area contributed by atoms with Gasteiger partial charge in [0.25, 0.3) is 0 Å². The Morgan fingerprint density at radius 3 is 2.53 bits per heavy atom. The van der Waals surface area contributed by atoms with E-state index in [0.29, 0.717) is 0 Å². The maximum atomic E-state index is 11.0. The van der Waals surface area contributed by atoms with Gasteiger partial charge in [0.05, 0.1) is 5.92 Å². The van der Waals surface area contributed by atoms with E-state index in [0.717, 1.165) is 5.56 Å². The van der Waals surface area contributed by atoms with Crippen molar-refractivity contribution in [3.8, 4) is 0 Å². The number of rotatable bonds is 4. The van der Waals surface area contributed by atoms with Gasteiger partial charge in [0.1, 0.15) is 0 Å². The van der Waals surface area contributed by atoms with E-state index in [1.54, 1.807) is 24.3 Å². The van der Waals surface area contributed by atoms with Crippen LogP contribution < -0.4 is 11.1 Å². The van der Waals surface area contributed by atoms with Gasteiger partial charge in [-0.15, -0.1) is 0 Å². The van der Waals surface area contributed by atoms with E-state index in [1.165, 1.54) is 0 Å². The van der Waals surface area contributed by atoms with E-state index in [4.69, 9.17) is 10.8 Å². The first-order valence-corrected chi connectivity index (χ1v) is 4.83. The van der Waals surface area contributed by atoms with E-state index in [2.05, 4.69) is 17.5 Å². The highest BCUT2D eigenvalue weighted by molar-refractivity contribution is 7.80. The number of aliphatic carboxylic acids is 1. The summed E-state index contributed by atoms with van der Waals surface area (Å²) in [6.45, 7) is 0.203. The van der Waals surface area contributed by atoms with Crippen molar-refractivity contribution in [1.82, 2.24) is 5.32 Å². The van der Waals surface area contributed by atoms with Gasteiger partial charge in [0.15, 0.2) is 5.11 Å². The van der Waals surface area contributed by atoms with Crippen LogP contribution in [0, 0.1) is 0 Å². The van der Waals surface area contributed by atoms with Crippen molar-refractivity contribution in [1.29, 1.82) is 0 Å². The lowest BCUT2D eigenvalue weighted by Crippen LogP contribution is -2.35. The molecule has 15 heavy (non-hydrogen) atoms. The third-order valence-electron chi connectivity index (χ3n) is 1.98. The van der Waals surface area contributed by atoms with Crippen LogP contribution in [0.25, 0.3) is 0 Å². The molecular weight excluding hydrogens is 212 g/mol. The van der Waals surface area contributed by atoms with E-state index < -0.39 is 11.9 Å². The van der Waals surface area contributed by atoms with Gasteiger partial charge in [0, 0.05) is 6.54 Å². The van der Waals surface area contributed by atoms with E-state index in [1.807, 2.05) is 6.07 Å². The molecule has 1 atom stereocenters. The Kier molecular flexibility index (Phi) is 4.05. The predicted octanol–water partition coefficient (Wildman–Crippen LogP) is 0.688. The molecule has 1 unspecified atom stereocenters. The van der Waals surface area contributed by atoms with Gasteiger partial charge >= 0.3 is 5.97 Å². The summed E-state index contributed by atoms with van der Waals surface area (Å²) in [7, 11) is 0. The third kappa shape index (κ3) is 3.55. The second-order valence-corrected chi connectivity index (χ2v) is 3.49. The number of hydrogen-bond acceptors (Lipinski definition) is 2. The molecule has 0 heterocycles. The van der Waals surface area contributed by atoms with Gasteiger partial charge in [-0.25, -0.2) is 0 Å². The lowest BCUT2D eigenvalue weighted by atomic mass is 9.99. The normalized spacial score (nSPS) is 11.7. The zero-order chi connectivity index (χ0) is 11.3. The fourth-order valence-electron chi connectivity index (χ4n) is 1.24. The Bertz CT molecular complexity index is 354. The Hall–Kier alpha value is -1.62. The Balaban J connectivity index is 2.75. The fourth-order valence-corrected chi connectivity index (χ4v) is 1.32. The number of nitrogens with one attached hydrogen (secondary N) is 1. The van der Waals surface area contributed by atoms with Gasteiger partial charge in [-0.2, -0.15) is 0 Å². The second-order valence-electron chi connectivity index (χ2n) is 3.05. The zero-order valence-corrected chi connectivity index (χ0v) is 8.83. The quantitative estimate of drug-likeness (QED) is 0.656. The number of nitrogens with two attached hydrogens (primary N) is 1. The summed E-state index contributed by atoms with van der Waals surface area (Å²) in [5, 5.41) is 11.8. The molecule has 1 rings (SSSR count). The first kappa shape index (κ1) is 11.5. The Morgan fingerprint density at radius 2 is 2.07 bits per heavy atom. The van der Waals surface area contributed by atoms with E-state index in [9.17, 15) is 4.79 Å². The summed E-state index contributed by atoms with van der Waals surface area (Å²) >= 11 is 4.62. The van der Waals surface area contributed by atoms with E-state index in [-0.39, 0.29) is 11.7 Å². The van der Waals surface area contributed by atoms with Gasteiger partial charge in [0.2, 0.25) is 0 Å². The molecule has 0 aliphatic heterocycles. The largest absolute Gasteiger partial charge is 0.481 e. The molecule has 4 N–H and O–H groups in total. The molecular formula is C10H12N2O2S. The highest BCUT2D eigenvalue weighted by Crippen LogP contribution is 2.14. The second kappa shape index (κ2) is 5.31. The van der Waals surface area contributed by atoms with Gasteiger partial charge in [-0.1, -0.05) is 30.3 Å². The average Bonchev–Trinajstić information content (AvgIpc) is 2.18. The average molecular weight is 224 g/mol. The van der Waals surface area contributed by atoms with Crippen LogP contribution in [0.5, 0.6) is 0 Å². The minimum absolute atomic E-state index is 0.109. The molecule has 0 saturated heterocycles.